The molecular formula is C21H22ClN2O3S+. The summed E-state index contributed by atoms with van der Waals surface area (Å²) >= 11 is 6.10. The Morgan fingerprint density at radius 3 is 2.39 bits per heavy atom. The van der Waals surface area contributed by atoms with Crippen LogP contribution in [0.25, 0.3) is 10.8 Å². The van der Waals surface area contributed by atoms with Gasteiger partial charge >= 0.3 is 0 Å². The van der Waals surface area contributed by atoms with Crippen LogP contribution in [0, 0.1) is 0 Å². The molecule has 1 saturated heterocycles. The minimum atomic E-state index is -3.59. The minimum absolute atomic E-state index is 0.159. The number of phenolic OH excluding ortho intramolecular Hbond substituents is 1. The average Bonchev–Trinajstić information content (AvgIpc) is 2.71. The molecule has 7 heteroatoms. The zero-order valence-electron chi connectivity index (χ0n) is 15.3. The Hall–Kier alpha value is -2.12. The van der Waals surface area contributed by atoms with Crippen LogP contribution in [0.3, 0.4) is 0 Å². The number of sulfonamides is 1. The first kappa shape index (κ1) is 19.2. The molecule has 0 aliphatic carbocycles. The second-order valence-electron chi connectivity index (χ2n) is 7.05. The van der Waals surface area contributed by atoms with Gasteiger partial charge in [0.25, 0.3) is 0 Å². The summed E-state index contributed by atoms with van der Waals surface area (Å²) in [5.74, 6) is 0.289. The van der Waals surface area contributed by atoms with Gasteiger partial charge in [0.15, 0.2) is 0 Å². The maximum Gasteiger partial charge on any atom is 0.244 e. The fraction of sp³-hybridized carbons (Fsp3) is 0.238. The number of fused-ring (bicyclic) bond motifs is 1. The normalized spacial score (nSPS) is 16.5. The molecule has 5 nitrogen and oxygen atoms in total. The van der Waals surface area contributed by atoms with Crippen LogP contribution in [0.15, 0.2) is 65.6 Å². The van der Waals surface area contributed by atoms with Gasteiger partial charge in [-0.05, 0) is 29.0 Å². The summed E-state index contributed by atoms with van der Waals surface area (Å²) in [6.45, 7) is 2.86. The van der Waals surface area contributed by atoms with Crippen molar-refractivity contribution in [3.8, 4) is 5.75 Å². The average molecular weight is 418 g/mol. The number of phenols is 1. The molecule has 3 aromatic carbocycles. The molecule has 1 fully saturated rings. The molecule has 0 radical (unpaired) electrons. The lowest BCUT2D eigenvalue weighted by Gasteiger charge is -2.32. The second kappa shape index (κ2) is 7.72. The van der Waals surface area contributed by atoms with E-state index >= 15 is 0 Å². The molecule has 4 rings (SSSR count). The Bertz CT molecular complexity index is 1110. The van der Waals surface area contributed by atoms with Crippen molar-refractivity contribution in [2.75, 3.05) is 26.2 Å². The lowest BCUT2D eigenvalue weighted by Crippen LogP contribution is -3.13. The number of halogens is 1. The molecule has 0 unspecified atom stereocenters. The molecule has 1 heterocycles. The maximum atomic E-state index is 12.9. The minimum Gasteiger partial charge on any atom is -0.507 e. The highest BCUT2D eigenvalue weighted by Gasteiger charge is 2.32. The number of benzene rings is 3. The topological polar surface area (TPSA) is 62.0 Å². The van der Waals surface area contributed by atoms with Crippen LogP contribution in [-0.2, 0) is 16.6 Å². The largest absolute Gasteiger partial charge is 0.507 e. The summed E-state index contributed by atoms with van der Waals surface area (Å²) in [6.07, 6.45) is 0. The molecule has 2 N–H and O–H groups in total. The third-order valence-electron chi connectivity index (χ3n) is 5.33. The van der Waals surface area contributed by atoms with Crippen LogP contribution >= 0.6 is 11.6 Å². The Morgan fingerprint density at radius 2 is 1.64 bits per heavy atom. The number of nitrogens with zero attached hydrogens (tertiary/aromatic N) is 1. The van der Waals surface area contributed by atoms with Gasteiger partial charge in [-0.3, -0.25) is 0 Å². The summed E-state index contributed by atoms with van der Waals surface area (Å²) in [7, 11) is -3.59. The number of quaternary nitrogens is 1. The number of hydrogen-bond donors (Lipinski definition) is 2. The molecule has 1 aliphatic rings. The molecule has 0 bridgehead atoms. The van der Waals surface area contributed by atoms with Gasteiger partial charge in [0.2, 0.25) is 10.0 Å². The van der Waals surface area contributed by atoms with E-state index in [0.29, 0.717) is 32.7 Å². The number of nitrogens with one attached hydrogen (secondary N) is 1. The van der Waals surface area contributed by atoms with Gasteiger partial charge in [-0.1, -0.05) is 54.1 Å². The first-order valence-electron chi connectivity index (χ1n) is 9.24. The highest BCUT2D eigenvalue weighted by Crippen LogP contribution is 2.27. The number of piperazine rings is 1. The van der Waals surface area contributed by atoms with Crippen LogP contribution in [0.1, 0.15) is 5.56 Å². The predicted octanol–water partition coefficient (Wildman–Crippen LogP) is 2.29. The lowest BCUT2D eigenvalue weighted by atomic mass is 10.0. The molecule has 0 aromatic heterocycles. The van der Waals surface area contributed by atoms with E-state index < -0.39 is 10.0 Å². The number of hydrogen-bond acceptors (Lipinski definition) is 3. The molecular weight excluding hydrogens is 396 g/mol. The van der Waals surface area contributed by atoms with Crippen molar-refractivity contribution in [2.24, 2.45) is 0 Å². The molecule has 0 saturated carbocycles. The van der Waals surface area contributed by atoms with E-state index in [9.17, 15) is 13.5 Å². The van der Waals surface area contributed by atoms with Crippen LogP contribution in [0.4, 0.5) is 0 Å². The lowest BCUT2D eigenvalue weighted by molar-refractivity contribution is -0.917. The van der Waals surface area contributed by atoms with Crippen molar-refractivity contribution in [2.45, 2.75) is 11.4 Å². The summed E-state index contributed by atoms with van der Waals surface area (Å²) in [4.78, 5) is 1.41. The third kappa shape index (κ3) is 3.61. The van der Waals surface area contributed by atoms with Gasteiger partial charge in [0.05, 0.1) is 36.8 Å². The molecule has 0 amide bonds. The van der Waals surface area contributed by atoms with Crippen molar-refractivity contribution < 1.29 is 18.4 Å². The van der Waals surface area contributed by atoms with Crippen molar-refractivity contribution in [3.63, 3.8) is 0 Å². The van der Waals surface area contributed by atoms with E-state index in [4.69, 9.17) is 11.6 Å². The summed E-state index contributed by atoms with van der Waals surface area (Å²) in [5.41, 5.74) is 0.913. The SMILES string of the molecule is O=S(=O)(c1ccccc1Cl)N1CC[NH+](Cc2c(O)ccc3ccccc23)CC1. The molecule has 3 aromatic rings. The van der Waals surface area contributed by atoms with E-state index in [0.717, 1.165) is 16.3 Å². The van der Waals surface area contributed by atoms with Crippen LogP contribution in [0.2, 0.25) is 5.02 Å². The van der Waals surface area contributed by atoms with E-state index in [1.54, 1.807) is 30.3 Å². The number of rotatable bonds is 4. The Kier molecular flexibility index (Phi) is 5.29. The maximum absolute atomic E-state index is 12.9. The highest BCUT2D eigenvalue weighted by molar-refractivity contribution is 7.89. The van der Waals surface area contributed by atoms with Gasteiger partial charge in [-0.15, -0.1) is 0 Å². The van der Waals surface area contributed by atoms with Crippen molar-refractivity contribution in [3.05, 3.63) is 71.2 Å². The molecule has 28 heavy (non-hydrogen) atoms. The first-order valence-corrected chi connectivity index (χ1v) is 11.1. The van der Waals surface area contributed by atoms with E-state index in [2.05, 4.69) is 0 Å². The smallest absolute Gasteiger partial charge is 0.244 e. The van der Waals surface area contributed by atoms with Crippen LogP contribution in [0.5, 0.6) is 5.75 Å². The quantitative estimate of drug-likeness (QED) is 0.684. The van der Waals surface area contributed by atoms with Gasteiger partial charge in [0, 0.05) is 0 Å². The Balaban J connectivity index is 1.50. The highest BCUT2D eigenvalue weighted by atomic mass is 35.5. The molecule has 0 spiro atoms. The summed E-state index contributed by atoms with van der Waals surface area (Å²) in [6, 6.07) is 18.2. The van der Waals surface area contributed by atoms with Gasteiger partial charge in [0.1, 0.15) is 17.2 Å². The van der Waals surface area contributed by atoms with Crippen LogP contribution in [-0.4, -0.2) is 44.0 Å². The zero-order valence-corrected chi connectivity index (χ0v) is 16.9. The first-order chi connectivity index (χ1) is 13.5. The molecule has 0 atom stereocenters. The summed E-state index contributed by atoms with van der Waals surface area (Å²) in [5, 5.41) is 12.7. The van der Waals surface area contributed by atoms with E-state index in [-0.39, 0.29) is 15.7 Å². The monoisotopic (exact) mass is 417 g/mol. The fourth-order valence-corrected chi connectivity index (χ4v) is 5.71. The van der Waals surface area contributed by atoms with Crippen molar-refractivity contribution >= 4 is 32.4 Å². The van der Waals surface area contributed by atoms with E-state index in [1.165, 1.54) is 9.21 Å². The predicted molar refractivity (Wildman–Crippen MR) is 110 cm³/mol. The number of aromatic hydroxyl groups is 1. The van der Waals surface area contributed by atoms with Gasteiger partial charge in [-0.2, -0.15) is 4.31 Å². The molecule has 146 valence electrons. The van der Waals surface area contributed by atoms with Crippen molar-refractivity contribution in [1.29, 1.82) is 0 Å². The summed E-state index contributed by atoms with van der Waals surface area (Å²) < 4.78 is 27.3. The van der Waals surface area contributed by atoms with Crippen molar-refractivity contribution in [1.82, 2.24) is 4.31 Å². The Morgan fingerprint density at radius 1 is 0.964 bits per heavy atom. The van der Waals surface area contributed by atoms with Crippen LogP contribution < -0.4 is 4.90 Å². The fourth-order valence-electron chi connectivity index (χ4n) is 3.77. The molecule has 1 aliphatic heterocycles. The van der Waals surface area contributed by atoms with E-state index in [1.807, 2.05) is 30.3 Å². The Labute approximate surface area is 169 Å². The van der Waals surface area contributed by atoms with Gasteiger partial charge < -0.3 is 10.0 Å². The van der Waals surface area contributed by atoms with Gasteiger partial charge in [-0.25, -0.2) is 8.42 Å². The third-order valence-corrected chi connectivity index (χ3v) is 7.73. The zero-order chi connectivity index (χ0) is 19.7. The standard InChI is InChI=1S/C21H21ClN2O3S/c22-19-7-3-4-8-21(19)28(26,27)24-13-11-23(12-14-24)15-18-17-6-2-1-5-16(17)9-10-20(18)25/h1-10,25H,11-15H2/p+1. The second-order valence-corrected chi connectivity index (χ2v) is 9.36.